The Balaban J connectivity index is 1.54. The van der Waals surface area contributed by atoms with Crippen LogP contribution in [0.25, 0.3) is 0 Å². The minimum Gasteiger partial charge on any atom is -0.340 e. The van der Waals surface area contributed by atoms with Crippen molar-refractivity contribution < 1.29 is 9.59 Å². The van der Waals surface area contributed by atoms with E-state index in [-0.39, 0.29) is 17.9 Å². The molecule has 3 rings (SSSR count). The number of nitrogens with zero attached hydrogens (tertiary/aromatic N) is 4. The van der Waals surface area contributed by atoms with Crippen LogP contribution >= 0.6 is 0 Å². The maximum atomic E-state index is 12.7. The standard InChI is InChI=1S/C17H24N4O2/c1-2-16(22)20-10-8-19(9-11-20)15-5-7-21(17(15)23)13-14-4-3-6-18-12-14/h3-4,6,12,15H,2,5,7-11,13H2,1H3. The third kappa shape index (κ3) is 3.52. The molecule has 6 heteroatoms. The number of rotatable bonds is 4. The van der Waals surface area contributed by atoms with Crippen molar-refractivity contribution in [3.8, 4) is 0 Å². The fraction of sp³-hybridized carbons (Fsp3) is 0.588. The van der Waals surface area contributed by atoms with Gasteiger partial charge in [-0.25, -0.2) is 0 Å². The van der Waals surface area contributed by atoms with Crippen LogP contribution in [0, 0.1) is 0 Å². The van der Waals surface area contributed by atoms with E-state index in [1.54, 1.807) is 6.20 Å². The van der Waals surface area contributed by atoms with Crippen molar-refractivity contribution in [3.63, 3.8) is 0 Å². The summed E-state index contributed by atoms with van der Waals surface area (Å²) >= 11 is 0. The van der Waals surface area contributed by atoms with E-state index in [9.17, 15) is 9.59 Å². The third-order valence-corrected chi connectivity index (χ3v) is 4.78. The molecule has 1 aromatic rings. The molecule has 2 saturated heterocycles. The molecular weight excluding hydrogens is 292 g/mol. The van der Waals surface area contributed by atoms with Crippen LogP contribution in [0.15, 0.2) is 24.5 Å². The summed E-state index contributed by atoms with van der Waals surface area (Å²) in [5, 5.41) is 0. The maximum absolute atomic E-state index is 12.7. The van der Waals surface area contributed by atoms with Gasteiger partial charge < -0.3 is 9.80 Å². The lowest BCUT2D eigenvalue weighted by Crippen LogP contribution is -2.53. The van der Waals surface area contributed by atoms with Crippen molar-refractivity contribution in [2.45, 2.75) is 32.4 Å². The molecule has 0 N–H and O–H groups in total. The van der Waals surface area contributed by atoms with E-state index >= 15 is 0 Å². The number of piperazine rings is 1. The zero-order valence-corrected chi connectivity index (χ0v) is 13.6. The van der Waals surface area contributed by atoms with Crippen LogP contribution < -0.4 is 0 Å². The molecule has 2 aliphatic rings. The number of hydrogen-bond acceptors (Lipinski definition) is 4. The van der Waals surface area contributed by atoms with Crippen LogP contribution in [-0.4, -0.2) is 70.3 Å². The van der Waals surface area contributed by atoms with Gasteiger partial charge in [0.15, 0.2) is 0 Å². The van der Waals surface area contributed by atoms with Crippen LogP contribution in [-0.2, 0) is 16.1 Å². The number of carbonyl (C=O) groups excluding carboxylic acids is 2. The molecule has 1 unspecified atom stereocenters. The summed E-state index contributed by atoms with van der Waals surface area (Å²) in [4.78, 5) is 34.6. The first kappa shape index (κ1) is 15.9. The lowest BCUT2D eigenvalue weighted by atomic mass is 10.1. The van der Waals surface area contributed by atoms with E-state index in [2.05, 4.69) is 9.88 Å². The molecule has 1 aromatic heterocycles. The summed E-state index contributed by atoms with van der Waals surface area (Å²) < 4.78 is 0. The second kappa shape index (κ2) is 7.08. The summed E-state index contributed by atoms with van der Waals surface area (Å²) in [6, 6.07) is 3.88. The van der Waals surface area contributed by atoms with Gasteiger partial charge in [0.2, 0.25) is 11.8 Å². The van der Waals surface area contributed by atoms with E-state index in [1.807, 2.05) is 35.1 Å². The van der Waals surface area contributed by atoms with Gasteiger partial charge in [-0.1, -0.05) is 13.0 Å². The minimum atomic E-state index is -0.0226. The Morgan fingerprint density at radius 3 is 2.70 bits per heavy atom. The molecule has 0 aromatic carbocycles. The first-order valence-corrected chi connectivity index (χ1v) is 8.38. The Bertz CT molecular complexity index is 555. The molecule has 6 nitrogen and oxygen atoms in total. The zero-order valence-electron chi connectivity index (χ0n) is 13.6. The fourth-order valence-corrected chi connectivity index (χ4v) is 3.44. The molecule has 0 spiro atoms. The summed E-state index contributed by atoms with van der Waals surface area (Å²) in [5.74, 6) is 0.421. The summed E-state index contributed by atoms with van der Waals surface area (Å²) in [5.41, 5.74) is 1.07. The normalized spacial score (nSPS) is 22.7. The number of aromatic nitrogens is 1. The van der Waals surface area contributed by atoms with Gasteiger partial charge in [-0.2, -0.15) is 0 Å². The lowest BCUT2D eigenvalue weighted by Gasteiger charge is -2.37. The Hall–Kier alpha value is -1.95. The fourth-order valence-electron chi connectivity index (χ4n) is 3.44. The van der Waals surface area contributed by atoms with Crippen LogP contribution in [0.4, 0.5) is 0 Å². The largest absolute Gasteiger partial charge is 0.340 e. The van der Waals surface area contributed by atoms with Crippen LogP contribution in [0.1, 0.15) is 25.3 Å². The minimum absolute atomic E-state index is 0.0226. The molecule has 0 radical (unpaired) electrons. The maximum Gasteiger partial charge on any atom is 0.240 e. The summed E-state index contributed by atoms with van der Waals surface area (Å²) in [6.45, 7) is 6.39. The Morgan fingerprint density at radius 2 is 2.04 bits per heavy atom. The van der Waals surface area contributed by atoms with E-state index in [0.29, 0.717) is 13.0 Å². The molecular formula is C17H24N4O2. The molecule has 3 heterocycles. The molecule has 124 valence electrons. The highest BCUT2D eigenvalue weighted by Gasteiger charge is 2.37. The van der Waals surface area contributed by atoms with Crippen molar-refractivity contribution in [1.82, 2.24) is 19.7 Å². The smallest absolute Gasteiger partial charge is 0.240 e. The monoisotopic (exact) mass is 316 g/mol. The van der Waals surface area contributed by atoms with Crippen LogP contribution in [0.5, 0.6) is 0 Å². The third-order valence-electron chi connectivity index (χ3n) is 4.78. The number of likely N-dealkylation sites (tertiary alicyclic amines) is 1. The van der Waals surface area contributed by atoms with E-state index in [4.69, 9.17) is 0 Å². The summed E-state index contributed by atoms with van der Waals surface area (Å²) in [6.07, 6.45) is 4.99. The average Bonchev–Trinajstić information content (AvgIpc) is 2.96. The second-order valence-electron chi connectivity index (χ2n) is 6.20. The van der Waals surface area contributed by atoms with Crippen molar-refractivity contribution in [1.29, 1.82) is 0 Å². The van der Waals surface area contributed by atoms with Crippen molar-refractivity contribution in [3.05, 3.63) is 30.1 Å². The molecule has 0 aliphatic carbocycles. The molecule has 1 atom stereocenters. The van der Waals surface area contributed by atoms with Gasteiger partial charge in [0.1, 0.15) is 0 Å². The van der Waals surface area contributed by atoms with Crippen molar-refractivity contribution in [2.24, 2.45) is 0 Å². The zero-order chi connectivity index (χ0) is 16.2. The van der Waals surface area contributed by atoms with Gasteiger partial charge in [0, 0.05) is 58.1 Å². The SMILES string of the molecule is CCC(=O)N1CCN(C2CCN(Cc3cccnc3)C2=O)CC1. The Kier molecular flexibility index (Phi) is 4.91. The van der Waals surface area contributed by atoms with Crippen molar-refractivity contribution in [2.75, 3.05) is 32.7 Å². The lowest BCUT2D eigenvalue weighted by molar-refractivity contribution is -0.135. The van der Waals surface area contributed by atoms with Crippen molar-refractivity contribution >= 4 is 11.8 Å². The highest BCUT2D eigenvalue weighted by Crippen LogP contribution is 2.21. The Labute approximate surface area is 137 Å². The van der Waals surface area contributed by atoms with Gasteiger partial charge in [0.25, 0.3) is 0 Å². The quantitative estimate of drug-likeness (QED) is 0.822. The highest BCUT2D eigenvalue weighted by atomic mass is 16.2. The molecule has 23 heavy (non-hydrogen) atoms. The van der Waals surface area contributed by atoms with Crippen LogP contribution in [0.2, 0.25) is 0 Å². The second-order valence-corrected chi connectivity index (χ2v) is 6.20. The number of pyridine rings is 1. The van der Waals surface area contributed by atoms with Gasteiger partial charge in [-0.3, -0.25) is 19.5 Å². The molecule has 2 fully saturated rings. The van der Waals surface area contributed by atoms with E-state index in [0.717, 1.165) is 44.7 Å². The molecule has 0 saturated carbocycles. The highest BCUT2D eigenvalue weighted by molar-refractivity contribution is 5.84. The predicted molar refractivity (Wildman–Crippen MR) is 86.5 cm³/mol. The molecule has 2 amide bonds. The summed E-state index contributed by atoms with van der Waals surface area (Å²) in [7, 11) is 0. The number of hydrogen-bond donors (Lipinski definition) is 0. The first-order valence-electron chi connectivity index (χ1n) is 8.38. The number of amides is 2. The van der Waals surface area contributed by atoms with Gasteiger partial charge in [-0.15, -0.1) is 0 Å². The first-order chi connectivity index (χ1) is 11.2. The number of carbonyl (C=O) groups is 2. The Morgan fingerprint density at radius 1 is 1.26 bits per heavy atom. The predicted octanol–water partition coefficient (Wildman–Crippen LogP) is 0.737. The molecule has 2 aliphatic heterocycles. The van der Waals surface area contributed by atoms with Crippen LogP contribution in [0.3, 0.4) is 0 Å². The van der Waals surface area contributed by atoms with E-state index in [1.165, 1.54) is 0 Å². The topological polar surface area (TPSA) is 56.8 Å². The van der Waals surface area contributed by atoms with E-state index < -0.39 is 0 Å². The molecule has 0 bridgehead atoms. The van der Waals surface area contributed by atoms with Gasteiger partial charge in [0.05, 0.1) is 6.04 Å². The van der Waals surface area contributed by atoms with Gasteiger partial charge >= 0.3 is 0 Å². The average molecular weight is 316 g/mol. The van der Waals surface area contributed by atoms with Gasteiger partial charge in [-0.05, 0) is 18.1 Å².